The van der Waals surface area contributed by atoms with Crippen molar-refractivity contribution in [1.82, 2.24) is 0 Å². The van der Waals surface area contributed by atoms with Gasteiger partial charge in [0.15, 0.2) is 0 Å². The van der Waals surface area contributed by atoms with E-state index in [1.54, 1.807) is 6.07 Å². The van der Waals surface area contributed by atoms with Crippen LogP contribution in [-0.2, 0) is 0 Å². The lowest BCUT2D eigenvalue weighted by Crippen LogP contribution is -2.15. The van der Waals surface area contributed by atoms with E-state index in [0.29, 0.717) is 11.6 Å². The standard InChI is InChI=1S/C14H21NO2/c1-4-5-6-11(3)15-12-7-8-13(14(16)17)10(2)9-12/h7-9,11,15H,4-6H2,1-3H3,(H,16,17). The van der Waals surface area contributed by atoms with Crippen LogP contribution in [-0.4, -0.2) is 17.1 Å². The minimum absolute atomic E-state index is 0.372. The maximum Gasteiger partial charge on any atom is 0.335 e. The van der Waals surface area contributed by atoms with Gasteiger partial charge in [0.1, 0.15) is 0 Å². The summed E-state index contributed by atoms with van der Waals surface area (Å²) < 4.78 is 0. The molecule has 2 N–H and O–H groups in total. The van der Waals surface area contributed by atoms with Gasteiger partial charge in [-0.05, 0) is 44.0 Å². The van der Waals surface area contributed by atoms with E-state index in [0.717, 1.165) is 17.7 Å². The molecule has 0 heterocycles. The lowest BCUT2D eigenvalue weighted by atomic mass is 10.1. The molecule has 3 heteroatoms. The van der Waals surface area contributed by atoms with Gasteiger partial charge < -0.3 is 10.4 Å². The van der Waals surface area contributed by atoms with Crippen LogP contribution in [0.3, 0.4) is 0 Å². The van der Waals surface area contributed by atoms with Crippen LogP contribution >= 0.6 is 0 Å². The van der Waals surface area contributed by atoms with Gasteiger partial charge in [-0.15, -0.1) is 0 Å². The second-order valence-corrected chi connectivity index (χ2v) is 4.52. The first kappa shape index (κ1) is 13.6. The maximum absolute atomic E-state index is 10.9. The van der Waals surface area contributed by atoms with Gasteiger partial charge in [0.25, 0.3) is 0 Å². The van der Waals surface area contributed by atoms with Crippen LogP contribution < -0.4 is 5.32 Å². The normalized spacial score (nSPS) is 12.2. The number of carbonyl (C=O) groups is 1. The highest BCUT2D eigenvalue weighted by Crippen LogP contribution is 2.17. The molecule has 1 unspecified atom stereocenters. The second-order valence-electron chi connectivity index (χ2n) is 4.52. The lowest BCUT2D eigenvalue weighted by Gasteiger charge is -2.15. The molecule has 1 aromatic rings. The van der Waals surface area contributed by atoms with Crippen LogP contribution in [0.5, 0.6) is 0 Å². The van der Waals surface area contributed by atoms with Crippen LogP contribution in [0.1, 0.15) is 49.0 Å². The molecule has 3 nitrogen and oxygen atoms in total. The zero-order valence-corrected chi connectivity index (χ0v) is 10.8. The van der Waals surface area contributed by atoms with E-state index in [2.05, 4.69) is 19.2 Å². The topological polar surface area (TPSA) is 49.3 Å². The number of hydrogen-bond donors (Lipinski definition) is 2. The summed E-state index contributed by atoms with van der Waals surface area (Å²) >= 11 is 0. The Hall–Kier alpha value is -1.51. The third-order valence-corrected chi connectivity index (χ3v) is 2.86. The van der Waals surface area contributed by atoms with Crippen molar-refractivity contribution >= 4 is 11.7 Å². The molecular formula is C14H21NO2. The highest BCUT2D eigenvalue weighted by Gasteiger charge is 2.08. The Kier molecular flexibility index (Phi) is 5.01. The van der Waals surface area contributed by atoms with Gasteiger partial charge in [-0.1, -0.05) is 19.8 Å². The van der Waals surface area contributed by atoms with Crippen molar-refractivity contribution in [1.29, 1.82) is 0 Å². The van der Waals surface area contributed by atoms with Crippen LogP contribution in [0.2, 0.25) is 0 Å². The molecule has 0 aliphatic heterocycles. The number of anilines is 1. The lowest BCUT2D eigenvalue weighted by molar-refractivity contribution is 0.0696. The molecule has 0 saturated heterocycles. The first-order valence-electron chi connectivity index (χ1n) is 6.15. The summed E-state index contributed by atoms with van der Waals surface area (Å²) in [7, 11) is 0. The van der Waals surface area contributed by atoms with Crippen molar-refractivity contribution in [3.8, 4) is 0 Å². The van der Waals surface area contributed by atoms with Gasteiger partial charge in [0, 0.05) is 11.7 Å². The summed E-state index contributed by atoms with van der Waals surface area (Å²) in [6.45, 7) is 6.15. The van der Waals surface area contributed by atoms with Crippen LogP contribution in [0, 0.1) is 6.92 Å². The predicted octanol–water partition coefficient (Wildman–Crippen LogP) is 3.68. The zero-order chi connectivity index (χ0) is 12.8. The minimum atomic E-state index is -0.868. The highest BCUT2D eigenvalue weighted by atomic mass is 16.4. The third-order valence-electron chi connectivity index (χ3n) is 2.86. The number of aromatic carboxylic acids is 1. The number of unbranched alkanes of at least 4 members (excludes halogenated alkanes) is 1. The fourth-order valence-corrected chi connectivity index (χ4v) is 1.86. The third kappa shape index (κ3) is 4.10. The van der Waals surface area contributed by atoms with Crippen LogP contribution in [0.4, 0.5) is 5.69 Å². The van der Waals surface area contributed by atoms with E-state index in [1.807, 2.05) is 19.1 Å². The molecule has 0 radical (unpaired) electrons. The van der Waals surface area contributed by atoms with E-state index in [4.69, 9.17) is 5.11 Å². The van der Waals surface area contributed by atoms with Crippen molar-refractivity contribution in [3.05, 3.63) is 29.3 Å². The summed E-state index contributed by atoms with van der Waals surface area (Å²) in [5.74, 6) is -0.868. The quantitative estimate of drug-likeness (QED) is 0.790. The molecule has 0 saturated carbocycles. The number of nitrogens with one attached hydrogen (secondary N) is 1. The van der Waals surface area contributed by atoms with Gasteiger partial charge >= 0.3 is 5.97 Å². The fourth-order valence-electron chi connectivity index (χ4n) is 1.86. The minimum Gasteiger partial charge on any atom is -0.478 e. The number of benzene rings is 1. The van der Waals surface area contributed by atoms with E-state index in [9.17, 15) is 4.79 Å². The number of hydrogen-bond acceptors (Lipinski definition) is 2. The van der Waals surface area contributed by atoms with E-state index >= 15 is 0 Å². The predicted molar refractivity (Wildman–Crippen MR) is 70.7 cm³/mol. The van der Waals surface area contributed by atoms with E-state index in [-0.39, 0.29) is 0 Å². The largest absolute Gasteiger partial charge is 0.478 e. The van der Waals surface area contributed by atoms with Gasteiger partial charge in [0.2, 0.25) is 0 Å². The van der Waals surface area contributed by atoms with Gasteiger partial charge in [-0.25, -0.2) is 4.79 Å². The van der Waals surface area contributed by atoms with E-state index < -0.39 is 5.97 Å². The molecular weight excluding hydrogens is 214 g/mol. The molecule has 1 rings (SSSR count). The fraction of sp³-hybridized carbons (Fsp3) is 0.500. The summed E-state index contributed by atoms with van der Waals surface area (Å²) in [6.07, 6.45) is 3.54. The Bertz CT molecular complexity index is 388. The molecule has 0 fully saturated rings. The summed E-state index contributed by atoms with van der Waals surface area (Å²) in [6, 6.07) is 5.81. The summed E-state index contributed by atoms with van der Waals surface area (Å²) in [4.78, 5) is 10.9. The first-order valence-corrected chi connectivity index (χ1v) is 6.15. The summed E-state index contributed by atoms with van der Waals surface area (Å²) in [5, 5.41) is 12.3. The van der Waals surface area contributed by atoms with Crippen molar-refractivity contribution in [2.24, 2.45) is 0 Å². The highest BCUT2D eigenvalue weighted by molar-refractivity contribution is 5.89. The molecule has 0 aliphatic rings. The molecule has 0 spiro atoms. The van der Waals surface area contributed by atoms with Crippen molar-refractivity contribution in [2.45, 2.75) is 46.1 Å². The van der Waals surface area contributed by atoms with Gasteiger partial charge in [-0.2, -0.15) is 0 Å². The van der Waals surface area contributed by atoms with Gasteiger partial charge in [-0.3, -0.25) is 0 Å². The Balaban J connectivity index is 2.67. The number of rotatable bonds is 6. The Morgan fingerprint density at radius 2 is 2.18 bits per heavy atom. The number of carboxylic acids is 1. The van der Waals surface area contributed by atoms with Crippen molar-refractivity contribution in [3.63, 3.8) is 0 Å². The first-order chi connectivity index (χ1) is 8.04. The Labute approximate surface area is 103 Å². The zero-order valence-electron chi connectivity index (χ0n) is 10.8. The maximum atomic E-state index is 10.9. The van der Waals surface area contributed by atoms with Crippen molar-refractivity contribution in [2.75, 3.05) is 5.32 Å². The summed E-state index contributed by atoms with van der Waals surface area (Å²) in [5.41, 5.74) is 2.16. The van der Waals surface area contributed by atoms with Crippen LogP contribution in [0.25, 0.3) is 0 Å². The Morgan fingerprint density at radius 3 is 2.71 bits per heavy atom. The average Bonchev–Trinajstić information content (AvgIpc) is 2.26. The van der Waals surface area contributed by atoms with Crippen molar-refractivity contribution < 1.29 is 9.90 Å². The SMILES string of the molecule is CCCCC(C)Nc1ccc(C(=O)O)c(C)c1. The second kappa shape index (κ2) is 6.28. The molecule has 1 atom stereocenters. The Morgan fingerprint density at radius 1 is 1.47 bits per heavy atom. The molecule has 17 heavy (non-hydrogen) atoms. The molecule has 0 amide bonds. The smallest absolute Gasteiger partial charge is 0.335 e. The van der Waals surface area contributed by atoms with Crippen LogP contribution in [0.15, 0.2) is 18.2 Å². The van der Waals surface area contributed by atoms with Gasteiger partial charge in [0.05, 0.1) is 5.56 Å². The average molecular weight is 235 g/mol. The molecule has 1 aromatic carbocycles. The number of aryl methyl sites for hydroxylation is 1. The molecule has 94 valence electrons. The molecule has 0 aromatic heterocycles. The molecule has 0 bridgehead atoms. The molecule has 0 aliphatic carbocycles. The monoisotopic (exact) mass is 235 g/mol. The number of carboxylic acid groups (broad SMARTS) is 1. The van der Waals surface area contributed by atoms with E-state index in [1.165, 1.54) is 12.8 Å².